The Morgan fingerprint density at radius 3 is 2.54 bits per heavy atom. The van der Waals surface area contributed by atoms with Gasteiger partial charge in [-0.15, -0.1) is 6.58 Å². The second kappa shape index (κ2) is 6.69. The van der Waals surface area contributed by atoms with Gasteiger partial charge >= 0.3 is 0 Å². The third-order valence-corrected chi connectivity index (χ3v) is 1.78. The summed E-state index contributed by atoms with van der Waals surface area (Å²) in [6.07, 6.45) is 0.964. The van der Waals surface area contributed by atoms with Gasteiger partial charge in [0.25, 0.3) is 0 Å². The van der Waals surface area contributed by atoms with E-state index in [1.165, 1.54) is 5.57 Å². The van der Waals surface area contributed by atoms with Gasteiger partial charge in [0.2, 0.25) is 0 Å². The lowest BCUT2D eigenvalue weighted by Gasteiger charge is -2.16. The van der Waals surface area contributed by atoms with E-state index in [4.69, 9.17) is 5.73 Å². The van der Waals surface area contributed by atoms with E-state index in [2.05, 4.69) is 23.8 Å². The zero-order valence-electron chi connectivity index (χ0n) is 8.69. The quantitative estimate of drug-likeness (QED) is 0.507. The maximum atomic E-state index is 5.80. The molecule has 0 amide bonds. The van der Waals surface area contributed by atoms with Crippen molar-refractivity contribution in [2.24, 2.45) is 5.73 Å². The summed E-state index contributed by atoms with van der Waals surface area (Å²) in [6.45, 7) is 11.3. The van der Waals surface area contributed by atoms with Gasteiger partial charge in [0.1, 0.15) is 0 Å². The van der Waals surface area contributed by atoms with Gasteiger partial charge in [-0.2, -0.15) is 0 Å². The minimum atomic E-state index is -0.0184. The number of nitrogens with one attached hydrogen (secondary N) is 2. The van der Waals surface area contributed by atoms with Gasteiger partial charge in [-0.1, -0.05) is 12.2 Å². The lowest BCUT2D eigenvalue weighted by molar-refractivity contribution is 0.628. The fourth-order valence-electron chi connectivity index (χ4n) is 0.911. The molecule has 0 bridgehead atoms. The van der Waals surface area contributed by atoms with E-state index in [0.717, 1.165) is 25.2 Å². The molecule has 0 heterocycles. The number of likely N-dealkylation sites (N-methyl/N-ethyl adjacent to an activating group) is 1. The second-order valence-electron chi connectivity index (χ2n) is 3.32. The van der Waals surface area contributed by atoms with Gasteiger partial charge < -0.3 is 16.4 Å². The van der Waals surface area contributed by atoms with Crippen LogP contribution in [0.25, 0.3) is 0 Å². The maximum Gasteiger partial charge on any atom is 0.0564 e. The zero-order valence-corrected chi connectivity index (χ0v) is 8.69. The molecular formula is C10H21N3. The van der Waals surface area contributed by atoms with Crippen molar-refractivity contribution in [2.45, 2.75) is 19.4 Å². The molecule has 0 saturated heterocycles. The number of rotatable bonds is 7. The number of hydrogen-bond acceptors (Lipinski definition) is 3. The molecule has 0 aliphatic rings. The van der Waals surface area contributed by atoms with Gasteiger partial charge in [0.05, 0.1) is 6.04 Å². The Labute approximate surface area is 81.1 Å². The fourth-order valence-corrected chi connectivity index (χ4v) is 0.911. The smallest absolute Gasteiger partial charge is 0.0564 e. The van der Waals surface area contributed by atoms with Crippen LogP contribution in [0.1, 0.15) is 13.3 Å². The topological polar surface area (TPSA) is 50.1 Å². The van der Waals surface area contributed by atoms with Crippen molar-refractivity contribution in [3.8, 4) is 0 Å². The lowest BCUT2D eigenvalue weighted by atomic mass is 10.2. The first-order chi connectivity index (χ1) is 6.07. The molecule has 0 spiro atoms. The monoisotopic (exact) mass is 183 g/mol. The standard InChI is InChI=1S/C10H21N3/c1-8(2)5-6-13-9(3)10(11)7-12-4/h10,12-13H,1,3,5-7,11H2,2,4H3. The summed E-state index contributed by atoms with van der Waals surface area (Å²) in [5.74, 6) is 0. The highest BCUT2D eigenvalue weighted by Crippen LogP contribution is 1.95. The average molecular weight is 183 g/mol. The van der Waals surface area contributed by atoms with Crippen molar-refractivity contribution >= 4 is 0 Å². The predicted molar refractivity (Wildman–Crippen MR) is 58.5 cm³/mol. The molecule has 76 valence electrons. The number of hydrogen-bond donors (Lipinski definition) is 3. The Hall–Kier alpha value is -0.800. The van der Waals surface area contributed by atoms with E-state index in [9.17, 15) is 0 Å². The molecule has 0 aromatic rings. The summed E-state index contributed by atoms with van der Waals surface area (Å²) in [6, 6.07) is -0.0184. The van der Waals surface area contributed by atoms with E-state index < -0.39 is 0 Å². The normalized spacial score (nSPS) is 12.2. The van der Waals surface area contributed by atoms with Gasteiger partial charge in [-0.3, -0.25) is 0 Å². The third kappa shape index (κ3) is 6.37. The van der Waals surface area contributed by atoms with E-state index in [-0.39, 0.29) is 6.04 Å². The summed E-state index contributed by atoms with van der Waals surface area (Å²) in [7, 11) is 1.88. The minimum Gasteiger partial charge on any atom is -0.387 e. The van der Waals surface area contributed by atoms with Crippen LogP contribution in [0.2, 0.25) is 0 Å². The SMILES string of the molecule is C=C(C)CCNC(=C)C(N)CNC. The van der Waals surface area contributed by atoms with Crippen LogP contribution in [0, 0.1) is 0 Å². The minimum absolute atomic E-state index is 0.0184. The Kier molecular flexibility index (Phi) is 6.28. The van der Waals surface area contributed by atoms with E-state index in [0.29, 0.717) is 0 Å². The molecule has 1 atom stereocenters. The molecule has 0 aromatic heterocycles. The largest absolute Gasteiger partial charge is 0.387 e. The first kappa shape index (κ1) is 12.2. The first-order valence-electron chi connectivity index (χ1n) is 4.55. The van der Waals surface area contributed by atoms with Crippen molar-refractivity contribution in [3.05, 3.63) is 24.4 Å². The Morgan fingerprint density at radius 1 is 1.46 bits per heavy atom. The molecular weight excluding hydrogens is 162 g/mol. The van der Waals surface area contributed by atoms with E-state index in [1.807, 2.05) is 14.0 Å². The molecule has 4 N–H and O–H groups in total. The highest BCUT2D eigenvalue weighted by atomic mass is 15.0. The van der Waals surface area contributed by atoms with Crippen LogP contribution in [0.15, 0.2) is 24.4 Å². The van der Waals surface area contributed by atoms with Crippen LogP contribution in [0.4, 0.5) is 0 Å². The summed E-state index contributed by atoms with van der Waals surface area (Å²) in [5.41, 5.74) is 7.85. The van der Waals surface area contributed by atoms with Crippen LogP contribution >= 0.6 is 0 Å². The maximum absolute atomic E-state index is 5.80. The van der Waals surface area contributed by atoms with Crippen LogP contribution < -0.4 is 16.4 Å². The van der Waals surface area contributed by atoms with E-state index >= 15 is 0 Å². The van der Waals surface area contributed by atoms with Crippen LogP contribution in [0.5, 0.6) is 0 Å². The molecule has 0 rings (SSSR count). The molecule has 0 aliphatic heterocycles. The molecule has 13 heavy (non-hydrogen) atoms. The molecule has 0 aliphatic carbocycles. The van der Waals surface area contributed by atoms with Crippen LogP contribution in [-0.2, 0) is 0 Å². The molecule has 0 saturated carbocycles. The summed E-state index contributed by atoms with van der Waals surface area (Å²) >= 11 is 0. The predicted octanol–water partition coefficient (Wildman–Crippen LogP) is 0.603. The van der Waals surface area contributed by atoms with Crippen molar-refractivity contribution in [3.63, 3.8) is 0 Å². The highest BCUT2D eigenvalue weighted by Gasteiger charge is 2.03. The second-order valence-corrected chi connectivity index (χ2v) is 3.32. The third-order valence-electron chi connectivity index (χ3n) is 1.78. The molecule has 3 heteroatoms. The van der Waals surface area contributed by atoms with Crippen LogP contribution in [0.3, 0.4) is 0 Å². The number of nitrogens with two attached hydrogens (primary N) is 1. The zero-order chi connectivity index (χ0) is 10.3. The van der Waals surface area contributed by atoms with Crippen molar-refractivity contribution < 1.29 is 0 Å². The summed E-state index contributed by atoms with van der Waals surface area (Å²) < 4.78 is 0. The molecule has 0 fully saturated rings. The first-order valence-corrected chi connectivity index (χ1v) is 4.55. The Bertz CT molecular complexity index is 175. The van der Waals surface area contributed by atoms with Gasteiger partial charge in [0.15, 0.2) is 0 Å². The molecule has 0 radical (unpaired) electrons. The van der Waals surface area contributed by atoms with E-state index in [1.54, 1.807) is 0 Å². The van der Waals surface area contributed by atoms with Gasteiger partial charge in [-0.05, 0) is 20.4 Å². The highest BCUT2D eigenvalue weighted by molar-refractivity contribution is 5.03. The molecule has 1 unspecified atom stereocenters. The van der Waals surface area contributed by atoms with Crippen molar-refractivity contribution in [2.75, 3.05) is 20.1 Å². The fraction of sp³-hybridized carbons (Fsp3) is 0.600. The summed E-state index contributed by atoms with van der Waals surface area (Å²) in [4.78, 5) is 0. The molecule has 3 nitrogen and oxygen atoms in total. The lowest BCUT2D eigenvalue weighted by Crippen LogP contribution is -2.38. The molecule has 0 aromatic carbocycles. The average Bonchev–Trinajstić information content (AvgIpc) is 2.04. The summed E-state index contributed by atoms with van der Waals surface area (Å²) in [5, 5.41) is 6.18. The van der Waals surface area contributed by atoms with Crippen molar-refractivity contribution in [1.29, 1.82) is 0 Å². The van der Waals surface area contributed by atoms with Crippen LogP contribution in [-0.4, -0.2) is 26.2 Å². The van der Waals surface area contributed by atoms with Gasteiger partial charge in [0, 0.05) is 18.8 Å². The Balaban J connectivity index is 3.55. The Morgan fingerprint density at radius 2 is 2.08 bits per heavy atom. The van der Waals surface area contributed by atoms with Gasteiger partial charge in [-0.25, -0.2) is 0 Å². The van der Waals surface area contributed by atoms with Crippen molar-refractivity contribution in [1.82, 2.24) is 10.6 Å².